The van der Waals surface area contributed by atoms with Crippen LogP contribution in [0.5, 0.6) is 5.75 Å². The van der Waals surface area contributed by atoms with Crippen molar-refractivity contribution in [3.05, 3.63) is 84.2 Å². The van der Waals surface area contributed by atoms with Gasteiger partial charge in [0, 0.05) is 18.3 Å². The summed E-state index contributed by atoms with van der Waals surface area (Å²) in [5.74, 6) is -2.55. The first kappa shape index (κ1) is 27.0. The second-order valence-corrected chi connectivity index (χ2v) is 9.61. The van der Waals surface area contributed by atoms with Crippen LogP contribution in [-0.4, -0.2) is 49.3 Å². The van der Waals surface area contributed by atoms with Crippen molar-refractivity contribution in [1.29, 1.82) is 0 Å². The predicted molar refractivity (Wildman–Crippen MR) is 138 cm³/mol. The van der Waals surface area contributed by atoms with Crippen molar-refractivity contribution in [1.82, 2.24) is 10.6 Å². The summed E-state index contributed by atoms with van der Waals surface area (Å²) in [7, 11) is 1.44. The molecule has 0 bridgehead atoms. The molecular weight excluding hydrogens is 532 g/mol. The molecule has 0 radical (unpaired) electrons. The molecule has 3 amide bonds. The molecule has 1 fully saturated rings. The van der Waals surface area contributed by atoms with Crippen LogP contribution in [0, 0.1) is 5.82 Å². The van der Waals surface area contributed by atoms with Crippen LogP contribution in [0.3, 0.4) is 0 Å². The van der Waals surface area contributed by atoms with E-state index in [1.54, 1.807) is 35.2 Å². The van der Waals surface area contributed by atoms with Gasteiger partial charge in [0.2, 0.25) is 5.91 Å². The lowest BCUT2D eigenvalue weighted by atomic mass is 10.1. The molecule has 8 nitrogen and oxygen atoms in total. The Kier molecular flexibility index (Phi) is 6.86. The quantitative estimate of drug-likeness (QED) is 0.443. The molecule has 208 valence electrons. The fraction of sp³-hybridized carbons (Fsp3) is 0.250. The number of hydrogen-bond acceptors (Lipinski definition) is 5. The number of ether oxygens (including phenoxy) is 1. The van der Waals surface area contributed by atoms with Gasteiger partial charge in [0.15, 0.2) is 0 Å². The second-order valence-electron chi connectivity index (χ2n) is 9.61. The Bertz CT molecular complexity index is 1440. The van der Waals surface area contributed by atoms with Crippen molar-refractivity contribution >= 4 is 34.8 Å². The van der Waals surface area contributed by atoms with E-state index in [-0.39, 0.29) is 12.2 Å². The van der Waals surface area contributed by atoms with Crippen molar-refractivity contribution in [2.24, 2.45) is 0 Å². The number of rotatable bonds is 6. The van der Waals surface area contributed by atoms with E-state index in [4.69, 9.17) is 0 Å². The Morgan fingerprint density at radius 1 is 0.975 bits per heavy atom. The van der Waals surface area contributed by atoms with E-state index in [2.05, 4.69) is 15.4 Å². The Labute approximate surface area is 226 Å². The Morgan fingerprint density at radius 3 is 2.27 bits per heavy atom. The van der Waals surface area contributed by atoms with Gasteiger partial charge in [-0.2, -0.15) is 0 Å². The molecule has 0 unspecified atom stereocenters. The average molecular weight is 557 g/mol. The van der Waals surface area contributed by atoms with Crippen LogP contribution in [0.4, 0.5) is 34.6 Å². The molecule has 2 N–H and O–H groups in total. The van der Waals surface area contributed by atoms with Crippen LogP contribution in [0.25, 0.3) is 0 Å². The van der Waals surface area contributed by atoms with Gasteiger partial charge in [0.25, 0.3) is 11.8 Å². The maximum atomic E-state index is 14.2. The molecule has 1 heterocycles. The molecule has 2 aliphatic rings. The van der Waals surface area contributed by atoms with Crippen molar-refractivity contribution in [2.45, 2.75) is 30.8 Å². The average Bonchev–Trinajstić information content (AvgIpc) is 3.71. The molecule has 5 rings (SSSR count). The highest BCUT2D eigenvalue weighted by atomic mass is 19.4. The van der Waals surface area contributed by atoms with Crippen molar-refractivity contribution in [3.8, 4) is 5.75 Å². The number of carbonyl (C=O) groups excluding carboxylic acids is 3. The van der Waals surface area contributed by atoms with Crippen LogP contribution in [0.2, 0.25) is 0 Å². The smallest absolute Gasteiger partial charge is 0.406 e. The maximum absolute atomic E-state index is 14.2. The molecule has 3 aromatic carbocycles. The fourth-order valence-corrected chi connectivity index (χ4v) is 4.59. The third-order valence-corrected chi connectivity index (χ3v) is 6.84. The predicted octanol–water partition coefficient (Wildman–Crippen LogP) is 4.29. The first-order valence-corrected chi connectivity index (χ1v) is 12.3. The standard InChI is InChI=1S/C28H24F4N4O4/c1-35-23-15-18(29)7-12-22(23)36(19-8-10-20(11-9-19)40-28(30,31)32)16-21(25(35)38)33-26(39)27(13-14-27)34-24(37)17-5-3-2-4-6-17/h2-12,15,21H,13-14,16H2,1H3,(H,33,39)(H,34,37)/t21-/m1/s1. The third kappa shape index (κ3) is 5.56. The molecule has 1 saturated carbocycles. The topological polar surface area (TPSA) is 91.0 Å². The van der Waals surface area contributed by atoms with Gasteiger partial charge in [-0.1, -0.05) is 18.2 Å². The SMILES string of the molecule is CN1C(=O)[C@H](NC(=O)C2(NC(=O)c3ccccc3)CC2)CN(c2ccc(OC(F)(F)F)cc2)c2ccc(F)cc21. The van der Waals surface area contributed by atoms with E-state index >= 15 is 0 Å². The number of fused-ring (bicyclic) bond motifs is 1. The van der Waals surface area contributed by atoms with Crippen molar-refractivity contribution in [3.63, 3.8) is 0 Å². The minimum atomic E-state index is -4.87. The minimum Gasteiger partial charge on any atom is -0.406 e. The van der Waals surface area contributed by atoms with Crippen molar-refractivity contribution < 1.29 is 36.7 Å². The largest absolute Gasteiger partial charge is 0.573 e. The second kappa shape index (κ2) is 10.2. The van der Waals surface area contributed by atoms with Gasteiger partial charge in [0.05, 0.1) is 17.9 Å². The summed E-state index contributed by atoms with van der Waals surface area (Å²) in [5.41, 5.74) is 0.183. The van der Waals surface area contributed by atoms with Gasteiger partial charge in [-0.3, -0.25) is 14.4 Å². The molecule has 0 spiro atoms. The van der Waals surface area contributed by atoms with E-state index in [1.807, 2.05) is 0 Å². The van der Waals surface area contributed by atoms with Crippen molar-refractivity contribution in [2.75, 3.05) is 23.4 Å². The highest BCUT2D eigenvalue weighted by molar-refractivity contribution is 6.06. The molecule has 1 aliphatic carbocycles. The van der Waals surface area contributed by atoms with Crippen LogP contribution in [0.15, 0.2) is 72.8 Å². The number of nitrogens with zero attached hydrogens (tertiary/aromatic N) is 2. The number of hydrogen-bond donors (Lipinski definition) is 2. The normalized spacial score (nSPS) is 17.9. The zero-order chi connectivity index (χ0) is 28.7. The molecule has 0 aromatic heterocycles. The highest BCUT2D eigenvalue weighted by Crippen LogP contribution is 2.39. The van der Waals surface area contributed by atoms with Crippen LogP contribution < -0.4 is 25.2 Å². The van der Waals surface area contributed by atoms with Crippen LogP contribution in [0.1, 0.15) is 23.2 Å². The van der Waals surface area contributed by atoms with Gasteiger partial charge in [0.1, 0.15) is 23.1 Å². The summed E-state index contributed by atoms with van der Waals surface area (Å²) in [6.45, 7) is -0.115. The monoisotopic (exact) mass is 556 g/mol. The molecule has 3 aromatic rings. The van der Waals surface area contributed by atoms with E-state index in [1.165, 1.54) is 36.2 Å². The Morgan fingerprint density at radius 2 is 1.65 bits per heavy atom. The van der Waals surface area contributed by atoms with Gasteiger partial charge >= 0.3 is 6.36 Å². The number of likely N-dealkylation sites (N-methyl/N-ethyl adjacent to an activating group) is 1. The summed E-state index contributed by atoms with van der Waals surface area (Å²) < 4.78 is 56.1. The lowest BCUT2D eigenvalue weighted by Gasteiger charge is -2.28. The van der Waals surface area contributed by atoms with E-state index in [9.17, 15) is 31.9 Å². The number of amides is 3. The summed E-state index contributed by atoms with van der Waals surface area (Å²) in [5, 5.41) is 5.50. The van der Waals surface area contributed by atoms with Gasteiger partial charge in [-0.05, 0) is 67.4 Å². The molecule has 1 aliphatic heterocycles. The minimum absolute atomic E-state index is 0.115. The summed E-state index contributed by atoms with van der Waals surface area (Å²) in [4.78, 5) is 42.4. The third-order valence-electron chi connectivity index (χ3n) is 6.84. The Hall–Kier alpha value is -4.61. The molecular formula is C28H24F4N4O4. The summed E-state index contributed by atoms with van der Waals surface area (Å²) >= 11 is 0. The number of benzene rings is 3. The van der Waals surface area contributed by atoms with Crippen LogP contribution in [-0.2, 0) is 9.59 Å². The zero-order valence-electron chi connectivity index (χ0n) is 21.2. The number of anilines is 3. The maximum Gasteiger partial charge on any atom is 0.573 e. The van der Waals surface area contributed by atoms with Gasteiger partial charge < -0.3 is 25.2 Å². The highest BCUT2D eigenvalue weighted by Gasteiger charge is 2.52. The first-order valence-electron chi connectivity index (χ1n) is 12.3. The fourth-order valence-electron chi connectivity index (χ4n) is 4.59. The first-order chi connectivity index (χ1) is 19.0. The van der Waals surface area contributed by atoms with E-state index < -0.39 is 47.2 Å². The number of nitrogens with one attached hydrogen (secondary N) is 2. The van der Waals surface area contributed by atoms with E-state index in [0.717, 1.165) is 18.2 Å². The lowest BCUT2D eigenvalue weighted by Crippen LogP contribution is -2.57. The molecule has 1 atom stereocenters. The molecule has 12 heteroatoms. The number of alkyl halides is 3. The lowest BCUT2D eigenvalue weighted by molar-refractivity contribution is -0.274. The van der Waals surface area contributed by atoms with Gasteiger partial charge in [-0.15, -0.1) is 13.2 Å². The Balaban J connectivity index is 1.41. The number of carbonyl (C=O) groups is 3. The summed E-state index contributed by atoms with van der Waals surface area (Å²) in [6.07, 6.45) is -4.11. The zero-order valence-corrected chi connectivity index (χ0v) is 21.2. The van der Waals surface area contributed by atoms with Gasteiger partial charge in [-0.25, -0.2) is 4.39 Å². The van der Waals surface area contributed by atoms with E-state index in [0.29, 0.717) is 29.8 Å². The molecule has 40 heavy (non-hydrogen) atoms. The molecule has 0 saturated heterocycles. The van der Waals surface area contributed by atoms with Crippen LogP contribution >= 0.6 is 0 Å². The number of halogens is 4. The summed E-state index contributed by atoms with van der Waals surface area (Å²) in [6, 6.07) is 16.0.